The highest BCUT2D eigenvalue weighted by Crippen LogP contribution is 2.20. The van der Waals surface area contributed by atoms with E-state index in [2.05, 4.69) is 5.32 Å². The molecule has 1 aliphatic rings. The monoisotopic (exact) mass is 248 g/mol. The first kappa shape index (κ1) is 13.1. The van der Waals surface area contributed by atoms with E-state index in [9.17, 15) is 9.90 Å². The SMILES string of the molecule is CC1CNCC(C)N1C(=O)C(O)c1ccccc1. The number of rotatable bonds is 2. The molecule has 0 bridgehead atoms. The maximum Gasteiger partial charge on any atom is 0.256 e. The van der Waals surface area contributed by atoms with Gasteiger partial charge >= 0.3 is 0 Å². The highest BCUT2D eigenvalue weighted by Gasteiger charge is 2.32. The van der Waals surface area contributed by atoms with Crippen LogP contribution in [0.1, 0.15) is 25.5 Å². The van der Waals surface area contributed by atoms with E-state index in [0.29, 0.717) is 5.56 Å². The predicted octanol–water partition coefficient (Wildman–Crippen LogP) is 0.929. The van der Waals surface area contributed by atoms with E-state index in [1.54, 1.807) is 17.0 Å². The summed E-state index contributed by atoms with van der Waals surface area (Å²) >= 11 is 0. The molecule has 4 heteroatoms. The van der Waals surface area contributed by atoms with Gasteiger partial charge in [0.15, 0.2) is 6.10 Å². The van der Waals surface area contributed by atoms with Crippen LogP contribution in [-0.2, 0) is 4.79 Å². The van der Waals surface area contributed by atoms with E-state index < -0.39 is 6.10 Å². The van der Waals surface area contributed by atoms with Gasteiger partial charge in [0.25, 0.3) is 5.91 Å². The Hall–Kier alpha value is -1.39. The van der Waals surface area contributed by atoms with Crippen molar-refractivity contribution in [3.05, 3.63) is 35.9 Å². The minimum atomic E-state index is -1.06. The third-order valence-corrected chi connectivity index (χ3v) is 3.43. The van der Waals surface area contributed by atoms with E-state index in [0.717, 1.165) is 13.1 Å². The molecule has 0 radical (unpaired) electrons. The lowest BCUT2D eigenvalue weighted by Crippen LogP contribution is -2.58. The molecule has 3 atom stereocenters. The third-order valence-electron chi connectivity index (χ3n) is 3.43. The van der Waals surface area contributed by atoms with E-state index >= 15 is 0 Å². The summed E-state index contributed by atoms with van der Waals surface area (Å²) in [4.78, 5) is 14.2. The van der Waals surface area contributed by atoms with E-state index in [-0.39, 0.29) is 18.0 Å². The van der Waals surface area contributed by atoms with Crippen LogP contribution in [0.15, 0.2) is 30.3 Å². The molecule has 1 amide bonds. The van der Waals surface area contributed by atoms with E-state index in [1.807, 2.05) is 32.0 Å². The summed E-state index contributed by atoms with van der Waals surface area (Å²) in [6.45, 7) is 5.55. The highest BCUT2D eigenvalue weighted by molar-refractivity contribution is 5.82. The van der Waals surface area contributed by atoms with Gasteiger partial charge in [-0.15, -0.1) is 0 Å². The second-order valence-electron chi connectivity index (χ2n) is 4.92. The summed E-state index contributed by atoms with van der Waals surface area (Å²) in [7, 11) is 0. The number of hydrogen-bond acceptors (Lipinski definition) is 3. The van der Waals surface area contributed by atoms with E-state index in [4.69, 9.17) is 0 Å². The van der Waals surface area contributed by atoms with Gasteiger partial charge in [0, 0.05) is 25.2 Å². The fourth-order valence-corrected chi connectivity index (χ4v) is 2.49. The lowest BCUT2D eigenvalue weighted by molar-refractivity contribution is -0.146. The number of carbonyl (C=O) groups is 1. The molecule has 1 aromatic rings. The normalized spacial score (nSPS) is 25.8. The highest BCUT2D eigenvalue weighted by atomic mass is 16.3. The van der Waals surface area contributed by atoms with Crippen molar-refractivity contribution >= 4 is 5.91 Å². The molecule has 0 spiro atoms. The number of nitrogens with one attached hydrogen (secondary N) is 1. The molecular formula is C14H20N2O2. The molecular weight excluding hydrogens is 228 g/mol. The van der Waals surface area contributed by atoms with Gasteiger partial charge in [-0.1, -0.05) is 30.3 Å². The summed E-state index contributed by atoms with van der Waals surface area (Å²) in [5.74, 6) is -0.206. The molecule has 1 saturated heterocycles. The average molecular weight is 248 g/mol. The van der Waals surface area contributed by atoms with Crippen LogP contribution in [-0.4, -0.2) is 41.1 Å². The number of piperazine rings is 1. The van der Waals surface area contributed by atoms with Crippen molar-refractivity contribution in [3.8, 4) is 0 Å². The quantitative estimate of drug-likeness (QED) is 0.818. The van der Waals surface area contributed by atoms with Crippen molar-refractivity contribution in [2.45, 2.75) is 32.0 Å². The standard InChI is InChI=1S/C14H20N2O2/c1-10-8-15-9-11(2)16(10)14(18)13(17)12-6-4-3-5-7-12/h3-7,10-11,13,15,17H,8-9H2,1-2H3. The van der Waals surface area contributed by atoms with Crippen LogP contribution in [0.25, 0.3) is 0 Å². The molecule has 4 nitrogen and oxygen atoms in total. The van der Waals surface area contributed by atoms with Crippen LogP contribution < -0.4 is 5.32 Å². The summed E-state index contributed by atoms with van der Waals surface area (Å²) in [6.07, 6.45) is -1.06. The Labute approximate surface area is 108 Å². The number of hydrogen-bond donors (Lipinski definition) is 2. The van der Waals surface area contributed by atoms with Crippen molar-refractivity contribution in [2.75, 3.05) is 13.1 Å². The molecule has 2 rings (SSSR count). The Morgan fingerprint density at radius 3 is 2.39 bits per heavy atom. The molecule has 98 valence electrons. The maximum absolute atomic E-state index is 12.4. The zero-order valence-electron chi connectivity index (χ0n) is 10.8. The van der Waals surface area contributed by atoms with Crippen molar-refractivity contribution in [1.29, 1.82) is 0 Å². The first-order valence-electron chi connectivity index (χ1n) is 6.37. The number of aliphatic hydroxyl groups excluding tert-OH is 1. The summed E-state index contributed by atoms with van der Waals surface area (Å²) in [5.41, 5.74) is 0.653. The zero-order valence-corrected chi connectivity index (χ0v) is 10.8. The van der Waals surface area contributed by atoms with Crippen LogP contribution in [0.4, 0.5) is 0 Å². The molecule has 1 heterocycles. The van der Waals surface area contributed by atoms with Gasteiger partial charge < -0.3 is 15.3 Å². The van der Waals surface area contributed by atoms with Gasteiger partial charge in [0.2, 0.25) is 0 Å². The first-order valence-corrected chi connectivity index (χ1v) is 6.37. The van der Waals surface area contributed by atoms with Gasteiger partial charge in [-0.05, 0) is 19.4 Å². The lowest BCUT2D eigenvalue weighted by atomic mass is 10.0. The Balaban J connectivity index is 2.15. The van der Waals surface area contributed by atoms with Gasteiger partial charge in [-0.25, -0.2) is 0 Å². The van der Waals surface area contributed by atoms with Crippen LogP contribution in [0.5, 0.6) is 0 Å². The van der Waals surface area contributed by atoms with Gasteiger partial charge in [0.1, 0.15) is 0 Å². The minimum Gasteiger partial charge on any atom is -0.378 e. The first-order chi connectivity index (χ1) is 8.61. The van der Waals surface area contributed by atoms with Crippen molar-refractivity contribution in [1.82, 2.24) is 10.2 Å². The molecule has 1 aromatic carbocycles. The Morgan fingerprint density at radius 1 is 1.28 bits per heavy atom. The maximum atomic E-state index is 12.4. The fourth-order valence-electron chi connectivity index (χ4n) is 2.49. The number of carbonyl (C=O) groups excluding carboxylic acids is 1. The topological polar surface area (TPSA) is 52.6 Å². The molecule has 0 aliphatic carbocycles. The third kappa shape index (κ3) is 2.54. The molecule has 2 N–H and O–H groups in total. The lowest BCUT2D eigenvalue weighted by Gasteiger charge is -2.40. The summed E-state index contributed by atoms with van der Waals surface area (Å²) in [5, 5.41) is 13.4. The number of aliphatic hydroxyl groups is 1. The van der Waals surface area contributed by atoms with Gasteiger partial charge in [0.05, 0.1) is 0 Å². The Kier molecular flexibility index (Phi) is 3.99. The van der Waals surface area contributed by atoms with Crippen LogP contribution in [0.2, 0.25) is 0 Å². The molecule has 18 heavy (non-hydrogen) atoms. The number of benzene rings is 1. The second kappa shape index (κ2) is 5.50. The van der Waals surface area contributed by atoms with Crippen molar-refractivity contribution in [2.24, 2.45) is 0 Å². The average Bonchev–Trinajstić information content (AvgIpc) is 2.38. The van der Waals surface area contributed by atoms with Crippen molar-refractivity contribution < 1.29 is 9.90 Å². The molecule has 1 aliphatic heterocycles. The number of amides is 1. The Morgan fingerprint density at radius 2 is 1.83 bits per heavy atom. The number of nitrogens with zero attached hydrogens (tertiary/aromatic N) is 1. The molecule has 1 fully saturated rings. The van der Waals surface area contributed by atoms with Crippen LogP contribution in [0, 0.1) is 0 Å². The van der Waals surface area contributed by atoms with Crippen molar-refractivity contribution in [3.63, 3.8) is 0 Å². The summed E-state index contributed by atoms with van der Waals surface area (Å²) < 4.78 is 0. The Bertz CT molecular complexity index is 398. The van der Waals surface area contributed by atoms with Gasteiger partial charge in [-0.2, -0.15) is 0 Å². The zero-order chi connectivity index (χ0) is 13.1. The smallest absolute Gasteiger partial charge is 0.256 e. The molecule has 0 aromatic heterocycles. The van der Waals surface area contributed by atoms with Gasteiger partial charge in [-0.3, -0.25) is 4.79 Å². The molecule has 3 unspecified atom stereocenters. The largest absolute Gasteiger partial charge is 0.378 e. The van der Waals surface area contributed by atoms with Crippen LogP contribution >= 0.6 is 0 Å². The summed E-state index contributed by atoms with van der Waals surface area (Å²) in [6, 6.07) is 9.31. The second-order valence-corrected chi connectivity index (χ2v) is 4.92. The van der Waals surface area contributed by atoms with Crippen LogP contribution in [0.3, 0.4) is 0 Å². The van der Waals surface area contributed by atoms with E-state index in [1.165, 1.54) is 0 Å². The predicted molar refractivity (Wildman–Crippen MR) is 70.0 cm³/mol. The fraction of sp³-hybridized carbons (Fsp3) is 0.500. The molecule has 0 saturated carbocycles. The minimum absolute atomic E-state index is 0.111.